The molecule has 4 rings (SSSR count). The number of aryl methyl sites for hydroxylation is 1. The van der Waals surface area contributed by atoms with E-state index in [-0.39, 0.29) is 23.5 Å². The van der Waals surface area contributed by atoms with Crippen molar-refractivity contribution in [2.45, 2.75) is 26.6 Å². The molecule has 0 radical (unpaired) electrons. The number of aromatic nitrogens is 1. The van der Waals surface area contributed by atoms with Crippen molar-refractivity contribution >= 4 is 18.4 Å². The van der Waals surface area contributed by atoms with Gasteiger partial charge in [0.1, 0.15) is 12.4 Å². The molecule has 0 saturated heterocycles. The molecule has 0 bridgehead atoms. The molecule has 1 heterocycles. The largest absolute Gasteiger partial charge is 0.487 e. The molecule has 0 atom stereocenters. The van der Waals surface area contributed by atoms with E-state index < -0.39 is 11.7 Å². The van der Waals surface area contributed by atoms with Crippen LogP contribution in [0.2, 0.25) is 0 Å². The Bertz CT molecular complexity index is 1410. The van der Waals surface area contributed by atoms with Crippen LogP contribution in [0.1, 0.15) is 43.9 Å². The lowest BCUT2D eigenvalue weighted by molar-refractivity contribution is -0.137. The summed E-state index contributed by atoms with van der Waals surface area (Å²) in [6.07, 6.45) is 0.413. The summed E-state index contributed by atoms with van der Waals surface area (Å²) in [5, 5.41) is 0. The van der Waals surface area contributed by atoms with Crippen LogP contribution in [0.25, 0.3) is 23.3 Å². The minimum Gasteiger partial charge on any atom is -0.487 e. The van der Waals surface area contributed by atoms with Crippen LogP contribution in [0.4, 0.5) is 13.2 Å². The lowest BCUT2D eigenvalue weighted by Crippen LogP contribution is -2.10. The second-order valence-corrected chi connectivity index (χ2v) is 8.43. The number of aldehydes is 1. The standard InChI is InChI=1S/C30H24F3NO2/c1-20-13-14-34-26(15-20)19-36-29-17-24(28(30(31,32)33)16-25(29)18-35)12-11-22-9-6-10-27(21(22)2)23-7-4-3-5-8-23/h3-18H,19H2,1-2H3/b12-11+. The predicted octanol–water partition coefficient (Wildman–Crippen LogP) is 7.95. The van der Waals surface area contributed by atoms with E-state index in [2.05, 4.69) is 4.98 Å². The zero-order valence-electron chi connectivity index (χ0n) is 19.8. The van der Waals surface area contributed by atoms with Crippen molar-refractivity contribution in [3.63, 3.8) is 0 Å². The van der Waals surface area contributed by atoms with Gasteiger partial charge in [-0.1, -0.05) is 60.7 Å². The Morgan fingerprint density at radius 2 is 1.61 bits per heavy atom. The number of ether oxygens (including phenoxy) is 1. The van der Waals surface area contributed by atoms with Crippen molar-refractivity contribution in [2.24, 2.45) is 0 Å². The molecule has 0 amide bonds. The number of hydrogen-bond donors (Lipinski definition) is 0. The van der Waals surface area contributed by atoms with Gasteiger partial charge in [0, 0.05) is 6.20 Å². The Hall–Kier alpha value is -4.19. The van der Waals surface area contributed by atoms with Crippen LogP contribution in [0.15, 0.2) is 79.0 Å². The predicted molar refractivity (Wildman–Crippen MR) is 136 cm³/mol. The third-order valence-electron chi connectivity index (χ3n) is 5.86. The monoisotopic (exact) mass is 487 g/mol. The van der Waals surface area contributed by atoms with Gasteiger partial charge < -0.3 is 4.74 Å². The molecule has 3 aromatic carbocycles. The fourth-order valence-electron chi connectivity index (χ4n) is 3.99. The third kappa shape index (κ3) is 5.71. The van der Waals surface area contributed by atoms with E-state index in [0.717, 1.165) is 33.9 Å². The molecular formula is C30H24F3NO2. The van der Waals surface area contributed by atoms with Gasteiger partial charge in [0.25, 0.3) is 0 Å². The van der Waals surface area contributed by atoms with E-state index >= 15 is 0 Å². The van der Waals surface area contributed by atoms with Gasteiger partial charge in [-0.2, -0.15) is 13.2 Å². The quantitative estimate of drug-likeness (QED) is 0.196. The van der Waals surface area contributed by atoms with Crippen molar-refractivity contribution < 1.29 is 22.7 Å². The minimum absolute atomic E-state index is 0.0231. The maximum absolute atomic E-state index is 13.9. The van der Waals surface area contributed by atoms with Gasteiger partial charge in [-0.05, 0) is 71.5 Å². The molecule has 36 heavy (non-hydrogen) atoms. The summed E-state index contributed by atoms with van der Waals surface area (Å²) >= 11 is 0. The normalized spacial score (nSPS) is 11.6. The highest BCUT2D eigenvalue weighted by molar-refractivity contribution is 5.83. The molecule has 1 aromatic heterocycles. The lowest BCUT2D eigenvalue weighted by atomic mass is 9.95. The van der Waals surface area contributed by atoms with Crippen LogP contribution in [0.3, 0.4) is 0 Å². The fraction of sp³-hybridized carbons (Fsp3) is 0.133. The van der Waals surface area contributed by atoms with Gasteiger partial charge in [0.2, 0.25) is 0 Å². The first-order chi connectivity index (χ1) is 17.3. The first-order valence-electron chi connectivity index (χ1n) is 11.3. The molecule has 0 unspecified atom stereocenters. The zero-order valence-corrected chi connectivity index (χ0v) is 19.8. The number of carbonyl (C=O) groups is 1. The number of hydrogen-bond acceptors (Lipinski definition) is 3. The maximum Gasteiger partial charge on any atom is 0.417 e. The number of alkyl halides is 3. The van der Waals surface area contributed by atoms with Gasteiger partial charge in [0.05, 0.1) is 16.8 Å². The zero-order chi connectivity index (χ0) is 25.7. The number of pyridine rings is 1. The van der Waals surface area contributed by atoms with Crippen molar-refractivity contribution in [3.8, 4) is 16.9 Å². The van der Waals surface area contributed by atoms with E-state index in [1.165, 1.54) is 12.1 Å². The first-order valence-corrected chi connectivity index (χ1v) is 11.3. The number of benzene rings is 3. The second-order valence-electron chi connectivity index (χ2n) is 8.43. The molecule has 4 aromatic rings. The van der Waals surface area contributed by atoms with Crippen molar-refractivity contribution in [1.29, 1.82) is 0 Å². The van der Waals surface area contributed by atoms with Gasteiger partial charge in [-0.3, -0.25) is 9.78 Å². The van der Waals surface area contributed by atoms with Crippen molar-refractivity contribution in [3.05, 3.63) is 118 Å². The van der Waals surface area contributed by atoms with Gasteiger partial charge >= 0.3 is 6.18 Å². The van der Waals surface area contributed by atoms with Crippen LogP contribution >= 0.6 is 0 Å². The molecule has 0 fully saturated rings. The van der Waals surface area contributed by atoms with Gasteiger partial charge in [0.15, 0.2) is 6.29 Å². The van der Waals surface area contributed by atoms with Crippen LogP contribution in [-0.4, -0.2) is 11.3 Å². The van der Waals surface area contributed by atoms with Crippen LogP contribution in [-0.2, 0) is 12.8 Å². The summed E-state index contributed by atoms with van der Waals surface area (Å²) in [4.78, 5) is 15.8. The third-order valence-corrected chi connectivity index (χ3v) is 5.86. The molecule has 0 aliphatic carbocycles. The molecule has 0 spiro atoms. The summed E-state index contributed by atoms with van der Waals surface area (Å²) in [6, 6.07) is 21.2. The highest BCUT2D eigenvalue weighted by Gasteiger charge is 2.34. The number of halogens is 3. The minimum atomic E-state index is -4.64. The molecule has 6 heteroatoms. The molecule has 0 aliphatic rings. The van der Waals surface area contributed by atoms with Crippen LogP contribution in [0.5, 0.6) is 5.75 Å². The molecule has 0 saturated carbocycles. The molecule has 3 nitrogen and oxygen atoms in total. The Balaban J connectivity index is 1.72. The summed E-state index contributed by atoms with van der Waals surface area (Å²) in [7, 11) is 0. The summed E-state index contributed by atoms with van der Waals surface area (Å²) in [5.74, 6) is 0.0655. The molecule has 182 valence electrons. The van der Waals surface area contributed by atoms with E-state index in [1.807, 2.05) is 74.5 Å². The van der Waals surface area contributed by atoms with E-state index in [9.17, 15) is 18.0 Å². The Kier molecular flexibility index (Phi) is 7.34. The van der Waals surface area contributed by atoms with Gasteiger partial charge in [-0.25, -0.2) is 0 Å². The Morgan fingerprint density at radius 3 is 2.31 bits per heavy atom. The van der Waals surface area contributed by atoms with E-state index in [4.69, 9.17) is 4.74 Å². The lowest BCUT2D eigenvalue weighted by Gasteiger charge is -2.15. The smallest absolute Gasteiger partial charge is 0.417 e. The summed E-state index contributed by atoms with van der Waals surface area (Å²) < 4.78 is 47.4. The highest BCUT2D eigenvalue weighted by atomic mass is 19.4. The van der Waals surface area contributed by atoms with Gasteiger partial charge in [-0.15, -0.1) is 0 Å². The topological polar surface area (TPSA) is 39.2 Å². The van der Waals surface area contributed by atoms with Crippen LogP contribution < -0.4 is 4.74 Å². The fourth-order valence-corrected chi connectivity index (χ4v) is 3.99. The highest BCUT2D eigenvalue weighted by Crippen LogP contribution is 2.37. The van der Waals surface area contributed by atoms with Crippen molar-refractivity contribution in [1.82, 2.24) is 4.98 Å². The Morgan fingerprint density at radius 1 is 0.861 bits per heavy atom. The Labute approximate surface area is 207 Å². The average molecular weight is 488 g/mol. The number of rotatable bonds is 7. The molecular weight excluding hydrogens is 463 g/mol. The average Bonchev–Trinajstić information content (AvgIpc) is 2.86. The SMILES string of the molecule is Cc1ccnc(COc2cc(/C=C/c3cccc(-c4ccccc4)c3C)c(C(F)(F)F)cc2C=O)c1. The van der Waals surface area contributed by atoms with Crippen molar-refractivity contribution in [2.75, 3.05) is 0 Å². The number of carbonyl (C=O) groups excluding carboxylic acids is 1. The summed E-state index contributed by atoms with van der Waals surface area (Å²) in [6.45, 7) is 3.86. The van der Waals surface area contributed by atoms with E-state index in [1.54, 1.807) is 12.3 Å². The maximum atomic E-state index is 13.9. The van der Waals surface area contributed by atoms with E-state index in [0.29, 0.717) is 12.0 Å². The van der Waals surface area contributed by atoms with Crippen LogP contribution in [0, 0.1) is 13.8 Å². The molecule has 0 N–H and O–H groups in total. The molecule has 0 aliphatic heterocycles. The first kappa shape index (κ1) is 24.9. The summed E-state index contributed by atoms with van der Waals surface area (Å²) in [5.41, 5.74) is 4.17. The number of nitrogens with zero attached hydrogens (tertiary/aromatic N) is 1. The second kappa shape index (κ2) is 10.6.